The van der Waals surface area contributed by atoms with E-state index in [0.717, 1.165) is 28.3 Å². The van der Waals surface area contributed by atoms with Crippen LogP contribution in [-0.4, -0.2) is 42.3 Å². The zero-order valence-corrected chi connectivity index (χ0v) is 17.6. The van der Waals surface area contributed by atoms with Gasteiger partial charge in [-0.15, -0.1) is 11.8 Å². The number of hydrogen-bond acceptors (Lipinski definition) is 4. The summed E-state index contributed by atoms with van der Waals surface area (Å²) in [6.07, 6.45) is 1.62. The van der Waals surface area contributed by atoms with Gasteiger partial charge < -0.3 is 20.5 Å². The van der Waals surface area contributed by atoms with E-state index < -0.39 is 24.0 Å². The Bertz CT molecular complexity index is 1050. The molecule has 7 heteroatoms. The summed E-state index contributed by atoms with van der Waals surface area (Å²) in [6.45, 7) is 1.79. The highest BCUT2D eigenvalue weighted by Gasteiger charge is 2.29. The fraction of sp³-hybridized carbons (Fsp3) is 0.240. The van der Waals surface area contributed by atoms with Crippen molar-refractivity contribution in [2.75, 3.05) is 13.2 Å². The fourth-order valence-electron chi connectivity index (χ4n) is 3.64. The van der Waals surface area contributed by atoms with Gasteiger partial charge in [0.05, 0.1) is 0 Å². The SMILES string of the molecule is CC#CCC(NC(=O)OCC1c2ccccc2-c2ccccc21)C(=O)NC/C=C/C(=O)O. The minimum absolute atomic E-state index is 0.0214. The maximum absolute atomic E-state index is 12.5. The van der Waals surface area contributed by atoms with Crippen molar-refractivity contribution < 1.29 is 24.2 Å². The second-order valence-electron chi connectivity index (χ2n) is 7.14. The third-order valence-electron chi connectivity index (χ3n) is 5.09. The minimum atomic E-state index is -1.11. The predicted octanol–water partition coefficient (Wildman–Crippen LogP) is 3.06. The van der Waals surface area contributed by atoms with Crippen molar-refractivity contribution in [2.24, 2.45) is 0 Å². The Morgan fingerprint density at radius 2 is 1.72 bits per heavy atom. The van der Waals surface area contributed by atoms with Crippen LogP contribution in [0.15, 0.2) is 60.7 Å². The number of hydrogen-bond donors (Lipinski definition) is 3. The van der Waals surface area contributed by atoms with Gasteiger partial charge in [0.2, 0.25) is 5.91 Å². The Morgan fingerprint density at radius 3 is 2.31 bits per heavy atom. The monoisotopic (exact) mass is 432 g/mol. The van der Waals surface area contributed by atoms with Gasteiger partial charge in [0.25, 0.3) is 0 Å². The van der Waals surface area contributed by atoms with E-state index in [4.69, 9.17) is 9.84 Å². The van der Waals surface area contributed by atoms with E-state index in [9.17, 15) is 14.4 Å². The molecule has 0 aliphatic heterocycles. The number of amides is 2. The van der Waals surface area contributed by atoms with E-state index in [2.05, 4.69) is 34.6 Å². The van der Waals surface area contributed by atoms with Crippen LogP contribution in [0.25, 0.3) is 11.1 Å². The smallest absolute Gasteiger partial charge is 0.407 e. The van der Waals surface area contributed by atoms with Crippen molar-refractivity contribution in [1.82, 2.24) is 10.6 Å². The highest BCUT2D eigenvalue weighted by Crippen LogP contribution is 2.44. The first kappa shape index (κ1) is 22.6. The molecule has 32 heavy (non-hydrogen) atoms. The molecule has 2 aromatic rings. The molecule has 0 saturated heterocycles. The van der Waals surface area contributed by atoms with Crippen molar-refractivity contribution in [3.63, 3.8) is 0 Å². The maximum Gasteiger partial charge on any atom is 0.407 e. The van der Waals surface area contributed by atoms with E-state index in [-0.39, 0.29) is 25.5 Å². The van der Waals surface area contributed by atoms with E-state index in [1.54, 1.807) is 6.92 Å². The molecule has 1 aliphatic carbocycles. The van der Waals surface area contributed by atoms with Crippen LogP contribution in [0, 0.1) is 11.8 Å². The standard InChI is InChI=1S/C25H24N2O5/c1-2-3-13-22(24(30)26-15-8-14-23(28)29)27-25(31)32-16-21-19-11-6-4-9-17(19)18-10-5-7-12-20(18)21/h4-12,14,21-22H,13,15-16H2,1H3,(H,26,30)(H,27,31)(H,28,29)/b14-8+. The molecule has 164 valence electrons. The molecule has 0 saturated carbocycles. The topological polar surface area (TPSA) is 105 Å². The van der Waals surface area contributed by atoms with E-state index in [1.807, 2.05) is 36.4 Å². The molecule has 0 fully saturated rings. The number of carbonyl (C=O) groups is 3. The number of aliphatic carboxylic acids is 1. The van der Waals surface area contributed by atoms with Crippen LogP contribution in [0.5, 0.6) is 0 Å². The quantitative estimate of drug-likeness (QED) is 0.439. The molecular formula is C25H24N2O5. The van der Waals surface area contributed by atoms with Gasteiger partial charge in [0, 0.05) is 25.0 Å². The highest BCUT2D eigenvalue weighted by atomic mass is 16.5. The van der Waals surface area contributed by atoms with Gasteiger partial charge in [-0.05, 0) is 29.2 Å². The summed E-state index contributed by atoms with van der Waals surface area (Å²) >= 11 is 0. The van der Waals surface area contributed by atoms with Crippen molar-refractivity contribution in [3.05, 3.63) is 71.8 Å². The molecule has 3 N–H and O–H groups in total. The second-order valence-corrected chi connectivity index (χ2v) is 7.14. The van der Waals surface area contributed by atoms with Crippen LogP contribution in [0.4, 0.5) is 4.79 Å². The number of carbonyl (C=O) groups excluding carboxylic acids is 2. The molecular weight excluding hydrogens is 408 g/mol. The first-order chi connectivity index (χ1) is 15.5. The van der Waals surface area contributed by atoms with Gasteiger partial charge in [-0.25, -0.2) is 9.59 Å². The Hall–Kier alpha value is -4.05. The lowest BCUT2D eigenvalue weighted by Gasteiger charge is -2.18. The lowest BCUT2D eigenvalue weighted by atomic mass is 9.98. The number of carboxylic acids is 1. The lowest BCUT2D eigenvalue weighted by molar-refractivity contribution is -0.131. The van der Waals surface area contributed by atoms with E-state index in [0.29, 0.717) is 0 Å². The minimum Gasteiger partial charge on any atom is -0.478 e. The summed E-state index contributed by atoms with van der Waals surface area (Å²) in [6, 6.07) is 15.1. The Labute approximate surface area is 186 Å². The van der Waals surface area contributed by atoms with Gasteiger partial charge in [-0.1, -0.05) is 54.6 Å². The molecule has 1 unspecified atom stereocenters. The van der Waals surface area contributed by atoms with Crippen LogP contribution >= 0.6 is 0 Å². The largest absolute Gasteiger partial charge is 0.478 e. The molecule has 3 rings (SSSR count). The number of fused-ring (bicyclic) bond motifs is 3. The van der Waals surface area contributed by atoms with Crippen LogP contribution in [-0.2, 0) is 14.3 Å². The summed E-state index contributed by atoms with van der Waals surface area (Å²) in [5.41, 5.74) is 4.44. The Balaban J connectivity index is 1.62. The van der Waals surface area contributed by atoms with Gasteiger partial charge in [-0.2, -0.15) is 0 Å². The second kappa shape index (κ2) is 10.8. The van der Waals surface area contributed by atoms with Crippen molar-refractivity contribution >= 4 is 18.0 Å². The summed E-state index contributed by atoms with van der Waals surface area (Å²) in [5, 5.41) is 13.7. The molecule has 0 spiro atoms. The van der Waals surface area contributed by atoms with Gasteiger partial charge in [0.1, 0.15) is 12.6 Å². The first-order valence-corrected chi connectivity index (χ1v) is 10.2. The fourth-order valence-corrected chi connectivity index (χ4v) is 3.64. The molecule has 1 aliphatic rings. The molecule has 7 nitrogen and oxygen atoms in total. The normalized spacial score (nSPS) is 12.8. The molecule has 0 heterocycles. The number of benzene rings is 2. The number of rotatable bonds is 8. The third kappa shape index (κ3) is 5.55. The molecule has 0 radical (unpaired) electrons. The van der Waals surface area contributed by atoms with Crippen LogP contribution in [0.2, 0.25) is 0 Å². The van der Waals surface area contributed by atoms with Gasteiger partial charge >= 0.3 is 12.1 Å². The summed E-state index contributed by atoms with van der Waals surface area (Å²) in [4.78, 5) is 35.4. The van der Waals surface area contributed by atoms with E-state index >= 15 is 0 Å². The van der Waals surface area contributed by atoms with E-state index in [1.165, 1.54) is 6.08 Å². The Morgan fingerprint density at radius 1 is 1.09 bits per heavy atom. The number of carboxylic acid groups (broad SMARTS) is 1. The highest BCUT2D eigenvalue weighted by molar-refractivity contribution is 5.86. The number of ether oxygens (including phenoxy) is 1. The Kier molecular flexibility index (Phi) is 7.65. The van der Waals surface area contributed by atoms with Gasteiger partial charge in [0.15, 0.2) is 0 Å². The zero-order chi connectivity index (χ0) is 22.9. The maximum atomic E-state index is 12.5. The van der Waals surface area contributed by atoms with Crippen LogP contribution in [0.1, 0.15) is 30.4 Å². The predicted molar refractivity (Wildman–Crippen MR) is 120 cm³/mol. The number of alkyl carbamates (subject to hydrolysis) is 1. The average molecular weight is 432 g/mol. The zero-order valence-electron chi connectivity index (χ0n) is 17.6. The van der Waals surface area contributed by atoms with Gasteiger partial charge in [-0.3, -0.25) is 4.79 Å². The third-order valence-corrected chi connectivity index (χ3v) is 5.09. The molecule has 0 aromatic heterocycles. The molecule has 2 aromatic carbocycles. The molecule has 1 atom stereocenters. The van der Waals surface area contributed by atoms with Crippen molar-refractivity contribution in [1.29, 1.82) is 0 Å². The van der Waals surface area contributed by atoms with Crippen LogP contribution in [0.3, 0.4) is 0 Å². The first-order valence-electron chi connectivity index (χ1n) is 10.2. The summed E-state index contributed by atoms with van der Waals surface area (Å²) in [5.74, 6) is 3.80. The average Bonchev–Trinajstić information content (AvgIpc) is 3.11. The number of nitrogens with one attached hydrogen (secondary N) is 2. The summed E-state index contributed by atoms with van der Waals surface area (Å²) < 4.78 is 5.49. The summed E-state index contributed by atoms with van der Waals surface area (Å²) in [7, 11) is 0. The molecule has 2 amide bonds. The van der Waals surface area contributed by atoms with Crippen molar-refractivity contribution in [2.45, 2.75) is 25.3 Å². The van der Waals surface area contributed by atoms with Crippen molar-refractivity contribution in [3.8, 4) is 23.0 Å². The van der Waals surface area contributed by atoms with Crippen LogP contribution < -0.4 is 10.6 Å². The molecule has 0 bridgehead atoms. The lowest BCUT2D eigenvalue weighted by Crippen LogP contribution is -2.47.